The smallest absolute Gasteiger partial charge is 0.0599 e. The van der Waals surface area contributed by atoms with Gasteiger partial charge in [0, 0.05) is 0 Å². The first-order valence-electron chi connectivity index (χ1n) is 5.73. The Balaban J connectivity index is 2.25. The molecule has 0 unspecified atom stereocenters. The molecule has 2 atom stereocenters. The summed E-state index contributed by atoms with van der Waals surface area (Å²) in [4.78, 5) is 0. The van der Waals surface area contributed by atoms with Gasteiger partial charge >= 0.3 is 0 Å². The maximum Gasteiger partial charge on any atom is 0.0599 e. The molecule has 2 heteroatoms. The third kappa shape index (κ3) is 5.10. The van der Waals surface area contributed by atoms with E-state index in [0.717, 1.165) is 6.42 Å². The third-order valence-electron chi connectivity index (χ3n) is 2.59. The Morgan fingerprint density at radius 2 is 1.81 bits per heavy atom. The fourth-order valence-corrected chi connectivity index (χ4v) is 1.70. The Morgan fingerprint density at radius 3 is 2.44 bits per heavy atom. The van der Waals surface area contributed by atoms with Crippen molar-refractivity contribution in [2.75, 3.05) is 0 Å². The minimum Gasteiger partial charge on any atom is -0.393 e. The summed E-state index contributed by atoms with van der Waals surface area (Å²) in [6.45, 7) is 3.56. The van der Waals surface area contributed by atoms with Crippen molar-refractivity contribution in [3.05, 3.63) is 48.6 Å². The molecule has 2 N–H and O–H groups in total. The van der Waals surface area contributed by atoms with Crippen LogP contribution in [0.3, 0.4) is 0 Å². The Labute approximate surface area is 97.2 Å². The molecule has 2 nitrogen and oxygen atoms in total. The van der Waals surface area contributed by atoms with Crippen LogP contribution in [0.1, 0.15) is 24.8 Å². The fraction of sp³-hybridized carbons (Fsp3) is 0.429. The number of rotatable bonds is 7. The Kier molecular flexibility index (Phi) is 5.83. The molecular formula is C14H20O2. The van der Waals surface area contributed by atoms with Crippen molar-refractivity contribution in [3.8, 4) is 0 Å². The quantitative estimate of drug-likeness (QED) is 0.692. The van der Waals surface area contributed by atoms with E-state index in [2.05, 4.69) is 6.58 Å². The lowest BCUT2D eigenvalue weighted by Crippen LogP contribution is -2.17. The lowest BCUT2D eigenvalue weighted by atomic mass is 10.0. The molecule has 88 valence electrons. The van der Waals surface area contributed by atoms with Crippen LogP contribution in [0.4, 0.5) is 0 Å². The third-order valence-corrected chi connectivity index (χ3v) is 2.59. The second kappa shape index (κ2) is 7.20. The van der Waals surface area contributed by atoms with Crippen molar-refractivity contribution in [1.29, 1.82) is 0 Å². The fourth-order valence-electron chi connectivity index (χ4n) is 1.70. The van der Waals surface area contributed by atoms with E-state index in [1.54, 1.807) is 6.08 Å². The molecular weight excluding hydrogens is 200 g/mol. The number of aliphatic hydroxyl groups excluding tert-OH is 2. The number of hydrogen-bond donors (Lipinski definition) is 2. The van der Waals surface area contributed by atoms with E-state index in [-0.39, 0.29) is 0 Å². The zero-order chi connectivity index (χ0) is 11.8. The first kappa shape index (κ1) is 12.9. The van der Waals surface area contributed by atoms with Crippen molar-refractivity contribution in [1.82, 2.24) is 0 Å². The molecule has 1 aromatic carbocycles. The van der Waals surface area contributed by atoms with E-state index in [9.17, 15) is 10.2 Å². The van der Waals surface area contributed by atoms with Gasteiger partial charge in [-0.25, -0.2) is 0 Å². The molecule has 0 spiro atoms. The van der Waals surface area contributed by atoms with Crippen molar-refractivity contribution in [3.63, 3.8) is 0 Å². The van der Waals surface area contributed by atoms with Crippen LogP contribution in [0.25, 0.3) is 0 Å². The highest BCUT2D eigenvalue weighted by atomic mass is 16.3. The topological polar surface area (TPSA) is 40.5 Å². The van der Waals surface area contributed by atoms with Gasteiger partial charge in [-0.15, -0.1) is 6.58 Å². The lowest BCUT2D eigenvalue weighted by molar-refractivity contribution is 0.0775. The van der Waals surface area contributed by atoms with Crippen LogP contribution in [0.5, 0.6) is 0 Å². The number of aryl methyl sites for hydroxylation is 1. The molecule has 1 rings (SSSR count). The van der Waals surface area contributed by atoms with Crippen LogP contribution < -0.4 is 0 Å². The maximum atomic E-state index is 9.71. The van der Waals surface area contributed by atoms with Crippen molar-refractivity contribution in [2.24, 2.45) is 0 Å². The summed E-state index contributed by atoms with van der Waals surface area (Å²) in [5, 5.41) is 19.2. The van der Waals surface area contributed by atoms with E-state index >= 15 is 0 Å². The number of benzene rings is 1. The van der Waals surface area contributed by atoms with E-state index in [4.69, 9.17) is 0 Å². The summed E-state index contributed by atoms with van der Waals surface area (Å²) in [5.74, 6) is 0. The predicted molar refractivity (Wildman–Crippen MR) is 66.2 cm³/mol. The maximum absolute atomic E-state index is 9.71. The zero-order valence-corrected chi connectivity index (χ0v) is 9.55. The Bertz CT molecular complexity index is 295. The van der Waals surface area contributed by atoms with Gasteiger partial charge < -0.3 is 10.2 Å². The van der Waals surface area contributed by atoms with Crippen molar-refractivity contribution >= 4 is 0 Å². The molecule has 0 saturated heterocycles. The minimum absolute atomic E-state index is 0.429. The molecule has 0 aromatic heterocycles. The van der Waals surface area contributed by atoms with E-state index < -0.39 is 12.2 Å². The highest BCUT2D eigenvalue weighted by Gasteiger charge is 2.10. The molecule has 0 aliphatic rings. The summed E-state index contributed by atoms with van der Waals surface area (Å²) in [7, 11) is 0. The Morgan fingerprint density at radius 1 is 1.12 bits per heavy atom. The summed E-state index contributed by atoms with van der Waals surface area (Å²) in [6.07, 6.45) is 3.29. The van der Waals surface area contributed by atoms with Gasteiger partial charge in [0.1, 0.15) is 0 Å². The van der Waals surface area contributed by atoms with Crippen molar-refractivity contribution < 1.29 is 10.2 Å². The molecule has 0 aliphatic heterocycles. The van der Waals surface area contributed by atoms with E-state index in [0.29, 0.717) is 19.3 Å². The molecule has 0 bridgehead atoms. The monoisotopic (exact) mass is 220 g/mol. The average Bonchev–Trinajstić information content (AvgIpc) is 2.28. The van der Waals surface area contributed by atoms with Crippen LogP contribution in [0.15, 0.2) is 43.0 Å². The zero-order valence-electron chi connectivity index (χ0n) is 9.55. The standard InChI is InChI=1S/C14H20O2/c1-2-6-13(15)11-14(16)10-9-12-7-4-3-5-8-12/h2-5,7-8,13-16H,1,6,9-11H2/t13-,14+/m1/s1. The van der Waals surface area contributed by atoms with Gasteiger partial charge in [-0.2, -0.15) is 0 Å². The van der Waals surface area contributed by atoms with Gasteiger partial charge in [0.05, 0.1) is 12.2 Å². The Hall–Kier alpha value is -1.12. The van der Waals surface area contributed by atoms with E-state index in [1.165, 1.54) is 5.56 Å². The largest absolute Gasteiger partial charge is 0.393 e. The summed E-state index contributed by atoms with van der Waals surface area (Å²) >= 11 is 0. The van der Waals surface area contributed by atoms with Crippen LogP contribution in [0, 0.1) is 0 Å². The second-order valence-electron chi connectivity index (χ2n) is 4.09. The molecule has 0 saturated carbocycles. The minimum atomic E-state index is -0.469. The molecule has 0 heterocycles. The summed E-state index contributed by atoms with van der Waals surface area (Å²) in [5.41, 5.74) is 1.22. The van der Waals surface area contributed by atoms with Gasteiger partial charge in [-0.05, 0) is 31.2 Å². The normalized spacial score (nSPS) is 14.4. The first-order chi connectivity index (χ1) is 7.72. The number of hydrogen-bond acceptors (Lipinski definition) is 2. The molecule has 16 heavy (non-hydrogen) atoms. The molecule has 0 amide bonds. The average molecular weight is 220 g/mol. The molecule has 0 radical (unpaired) electrons. The van der Waals surface area contributed by atoms with Gasteiger partial charge in [0.2, 0.25) is 0 Å². The van der Waals surface area contributed by atoms with Gasteiger partial charge in [0.15, 0.2) is 0 Å². The van der Waals surface area contributed by atoms with Gasteiger partial charge in [0.25, 0.3) is 0 Å². The van der Waals surface area contributed by atoms with Crippen LogP contribution in [-0.4, -0.2) is 22.4 Å². The first-order valence-corrected chi connectivity index (χ1v) is 5.73. The van der Waals surface area contributed by atoms with Crippen molar-refractivity contribution in [2.45, 2.75) is 37.9 Å². The van der Waals surface area contributed by atoms with Crippen LogP contribution >= 0.6 is 0 Å². The SMILES string of the molecule is C=CC[C@@H](O)C[C@@H](O)CCc1ccccc1. The van der Waals surface area contributed by atoms with Gasteiger partial charge in [-0.1, -0.05) is 36.4 Å². The highest BCUT2D eigenvalue weighted by Crippen LogP contribution is 2.10. The van der Waals surface area contributed by atoms with Crippen LogP contribution in [0.2, 0.25) is 0 Å². The summed E-state index contributed by atoms with van der Waals surface area (Å²) < 4.78 is 0. The number of aliphatic hydroxyl groups is 2. The van der Waals surface area contributed by atoms with Crippen LogP contribution in [-0.2, 0) is 6.42 Å². The molecule has 1 aromatic rings. The predicted octanol–water partition coefficient (Wildman–Crippen LogP) is 2.31. The second-order valence-corrected chi connectivity index (χ2v) is 4.09. The molecule has 0 fully saturated rings. The van der Waals surface area contributed by atoms with E-state index in [1.807, 2.05) is 30.3 Å². The lowest BCUT2D eigenvalue weighted by Gasteiger charge is -2.14. The molecule has 0 aliphatic carbocycles. The highest BCUT2D eigenvalue weighted by molar-refractivity contribution is 5.14. The summed E-state index contributed by atoms with van der Waals surface area (Å²) in [6, 6.07) is 10.1. The van der Waals surface area contributed by atoms with Gasteiger partial charge in [-0.3, -0.25) is 0 Å².